The Kier molecular flexibility index (Phi) is 2.26. The molecule has 0 aliphatic carbocycles. The van der Waals surface area contributed by atoms with E-state index in [9.17, 15) is 10.1 Å². The molecule has 0 heterocycles. The molecule has 0 saturated carbocycles. The zero-order chi connectivity index (χ0) is 9.14. The molecule has 0 aliphatic heterocycles. The van der Waals surface area contributed by atoms with Crippen molar-refractivity contribution in [2.75, 3.05) is 0 Å². The van der Waals surface area contributed by atoms with E-state index in [1.54, 1.807) is 0 Å². The normalized spacial score (nSPS) is 9.00. The first-order valence-corrected chi connectivity index (χ1v) is 3.35. The van der Waals surface area contributed by atoms with E-state index in [2.05, 4.69) is 4.85 Å². The minimum atomic E-state index is -0.626. The summed E-state index contributed by atoms with van der Waals surface area (Å²) in [6, 6.07) is 4.14. The first kappa shape index (κ1) is 8.50. The Hall–Kier alpha value is -1.60. The van der Waals surface area contributed by atoms with Gasteiger partial charge >= 0.3 is 0 Å². The van der Waals surface area contributed by atoms with Crippen molar-refractivity contribution in [1.82, 2.24) is 0 Å². The number of nitrogens with zero attached hydrogens (tertiary/aromatic N) is 2. The van der Waals surface area contributed by atoms with Crippen LogP contribution in [0.25, 0.3) is 4.85 Å². The summed E-state index contributed by atoms with van der Waals surface area (Å²) in [5.74, 6) is 0. The Bertz CT molecular complexity index is 370. The fourth-order valence-corrected chi connectivity index (χ4v) is 0.974. The van der Waals surface area contributed by atoms with Crippen molar-refractivity contribution in [1.29, 1.82) is 0 Å². The molecule has 0 unspecified atom stereocenters. The van der Waals surface area contributed by atoms with Gasteiger partial charge in [0.15, 0.2) is 0 Å². The van der Waals surface area contributed by atoms with E-state index in [1.165, 1.54) is 18.2 Å². The molecule has 5 heteroatoms. The van der Waals surface area contributed by atoms with Gasteiger partial charge < -0.3 is 0 Å². The molecule has 60 valence electrons. The molecule has 0 radical (unpaired) electrons. The second-order valence-electron chi connectivity index (χ2n) is 1.98. The van der Waals surface area contributed by atoms with Gasteiger partial charge in [0, 0.05) is 6.07 Å². The largest absolute Gasteiger partial charge is 0.280 e. The van der Waals surface area contributed by atoms with E-state index in [4.69, 9.17) is 18.2 Å². The average molecular weight is 183 g/mol. The topological polar surface area (TPSA) is 47.5 Å². The Labute approximate surface area is 73.4 Å². The summed E-state index contributed by atoms with van der Waals surface area (Å²) in [5, 5.41) is 10.4. The molecule has 1 aromatic carbocycles. The van der Waals surface area contributed by atoms with Gasteiger partial charge in [-0.05, 0) is 0 Å². The van der Waals surface area contributed by atoms with Gasteiger partial charge in [-0.1, -0.05) is 23.7 Å². The summed E-state index contributed by atoms with van der Waals surface area (Å²) >= 11 is 5.56. The van der Waals surface area contributed by atoms with Crippen molar-refractivity contribution in [3.8, 4) is 0 Å². The molecule has 4 nitrogen and oxygen atoms in total. The molecule has 0 atom stereocenters. The highest BCUT2D eigenvalue weighted by Gasteiger charge is 2.15. The van der Waals surface area contributed by atoms with Crippen LogP contribution < -0.4 is 0 Å². The molecule has 0 N–H and O–H groups in total. The minimum Gasteiger partial charge on any atom is -0.260 e. The second kappa shape index (κ2) is 3.20. The summed E-state index contributed by atoms with van der Waals surface area (Å²) in [5.41, 5.74) is -0.360. The number of benzene rings is 1. The zero-order valence-corrected chi connectivity index (χ0v) is 6.58. The van der Waals surface area contributed by atoms with Crippen molar-refractivity contribution in [2.24, 2.45) is 0 Å². The summed E-state index contributed by atoms with van der Waals surface area (Å²) in [6.45, 7) is 6.65. The maximum absolute atomic E-state index is 10.3. The van der Waals surface area contributed by atoms with Gasteiger partial charge in [-0.15, -0.1) is 0 Å². The van der Waals surface area contributed by atoms with Crippen LogP contribution in [0.15, 0.2) is 18.2 Å². The van der Waals surface area contributed by atoms with E-state index in [0.717, 1.165) is 0 Å². The monoisotopic (exact) mass is 182 g/mol. The lowest BCUT2D eigenvalue weighted by molar-refractivity contribution is -0.383. The van der Waals surface area contributed by atoms with Crippen LogP contribution in [-0.4, -0.2) is 4.92 Å². The predicted octanol–water partition coefficient (Wildman–Crippen LogP) is 2.80. The van der Waals surface area contributed by atoms with Crippen molar-refractivity contribution >= 4 is 23.0 Å². The second-order valence-corrected chi connectivity index (χ2v) is 2.38. The number of nitro groups is 1. The molecule has 0 aromatic heterocycles. The Morgan fingerprint density at radius 3 is 2.67 bits per heavy atom. The molecule has 0 amide bonds. The zero-order valence-electron chi connectivity index (χ0n) is 5.82. The Morgan fingerprint density at radius 2 is 2.25 bits per heavy atom. The minimum absolute atomic E-state index is 0.107. The lowest BCUT2D eigenvalue weighted by Crippen LogP contribution is -1.87. The number of nitro benzene ring substituents is 1. The Morgan fingerprint density at radius 1 is 1.58 bits per heavy atom. The number of rotatable bonds is 1. The smallest absolute Gasteiger partial charge is 0.260 e. The molecular weight excluding hydrogens is 180 g/mol. The molecule has 12 heavy (non-hydrogen) atoms. The number of para-hydroxylation sites is 1. The third-order valence-corrected chi connectivity index (χ3v) is 1.58. The van der Waals surface area contributed by atoms with E-state index in [1.807, 2.05) is 0 Å². The lowest BCUT2D eigenvalue weighted by atomic mass is 10.3. The van der Waals surface area contributed by atoms with Crippen molar-refractivity contribution < 1.29 is 4.92 Å². The molecule has 0 fully saturated rings. The summed E-state index contributed by atoms with van der Waals surface area (Å²) in [7, 11) is 0. The van der Waals surface area contributed by atoms with E-state index in [-0.39, 0.29) is 16.4 Å². The van der Waals surface area contributed by atoms with Gasteiger partial charge in [-0.3, -0.25) is 10.1 Å². The molecule has 0 aliphatic rings. The van der Waals surface area contributed by atoms with E-state index >= 15 is 0 Å². The van der Waals surface area contributed by atoms with Gasteiger partial charge in [-0.2, -0.15) is 0 Å². The van der Waals surface area contributed by atoms with Crippen molar-refractivity contribution in [3.05, 3.63) is 44.8 Å². The molecule has 0 saturated heterocycles. The highest BCUT2D eigenvalue weighted by atomic mass is 35.5. The van der Waals surface area contributed by atoms with Crippen LogP contribution in [0.1, 0.15) is 0 Å². The molecule has 0 spiro atoms. The SMILES string of the molecule is [C-]#[N+]c1c(Cl)cccc1[N+](=O)[O-]. The van der Waals surface area contributed by atoms with Gasteiger partial charge in [0.25, 0.3) is 11.4 Å². The molecular formula is C7H3ClN2O2. The summed E-state index contributed by atoms with van der Waals surface area (Å²) in [6.07, 6.45) is 0. The lowest BCUT2D eigenvalue weighted by Gasteiger charge is -1.95. The van der Waals surface area contributed by atoms with E-state index in [0.29, 0.717) is 0 Å². The van der Waals surface area contributed by atoms with Crippen molar-refractivity contribution in [3.63, 3.8) is 0 Å². The van der Waals surface area contributed by atoms with Crippen LogP contribution in [0.4, 0.5) is 11.4 Å². The third-order valence-electron chi connectivity index (χ3n) is 1.27. The highest BCUT2D eigenvalue weighted by Crippen LogP contribution is 2.34. The number of halogens is 1. The van der Waals surface area contributed by atoms with Crippen LogP contribution in [-0.2, 0) is 0 Å². The fourth-order valence-electron chi connectivity index (χ4n) is 0.762. The van der Waals surface area contributed by atoms with Gasteiger partial charge in [0.05, 0.1) is 16.5 Å². The standard InChI is InChI=1S/C7H3ClN2O2/c1-9-7-5(8)3-2-4-6(7)10(11)12/h2-4H. The first-order chi connectivity index (χ1) is 5.66. The molecule has 1 aromatic rings. The Balaban J connectivity index is 3.40. The highest BCUT2D eigenvalue weighted by molar-refractivity contribution is 6.33. The maximum atomic E-state index is 10.3. The van der Waals surface area contributed by atoms with E-state index < -0.39 is 4.92 Å². The number of hydrogen-bond acceptors (Lipinski definition) is 2. The number of hydrogen-bond donors (Lipinski definition) is 0. The quantitative estimate of drug-likeness (QED) is 0.381. The average Bonchev–Trinajstić information content (AvgIpc) is 2.03. The fraction of sp³-hybridized carbons (Fsp3) is 0. The van der Waals surface area contributed by atoms with Crippen LogP contribution >= 0.6 is 11.6 Å². The maximum Gasteiger partial charge on any atom is 0.280 e. The van der Waals surface area contributed by atoms with Crippen LogP contribution in [0.2, 0.25) is 5.02 Å². The first-order valence-electron chi connectivity index (χ1n) is 2.97. The van der Waals surface area contributed by atoms with Crippen LogP contribution in [0, 0.1) is 16.7 Å². The molecule has 0 bridgehead atoms. The summed E-state index contributed by atoms with van der Waals surface area (Å²) < 4.78 is 0. The van der Waals surface area contributed by atoms with Crippen molar-refractivity contribution in [2.45, 2.75) is 0 Å². The van der Waals surface area contributed by atoms with Crippen LogP contribution in [0.3, 0.4) is 0 Å². The third kappa shape index (κ3) is 1.36. The predicted molar refractivity (Wildman–Crippen MR) is 44.4 cm³/mol. The van der Waals surface area contributed by atoms with Gasteiger partial charge in [0.2, 0.25) is 0 Å². The van der Waals surface area contributed by atoms with Crippen LogP contribution in [0.5, 0.6) is 0 Å². The summed E-state index contributed by atoms with van der Waals surface area (Å²) in [4.78, 5) is 12.7. The van der Waals surface area contributed by atoms with Gasteiger partial charge in [-0.25, -0.2) is 4.85 Å². The molecule has 1 rings (SSSR count). The van der Waals surface area contributed by atoms with Gasteiger partial charge in [0.1, 0.15) is 0 Å².